The normalized spacial score (nSPS) is 15.0. The lowest BCUT2D eigenvalue weighted by Crippen LogP contribution is -2.59. The van der Waals surface area contributed by atoms with Crippen LogP contribution >= 0.6 is 12.6 Å². The van der Waals surface area contributed by atoms with Gasteiger partial charge in [-0.2, -0.15) is 12.6 Å². The fraction of sp³-hybridized carbons (Fsp3) is 0.588. The number of nitrogens with zero attached hydrogens (tertiary/aromatic N) is 1. The molecule has 1 aromatic rings. The topological polar surface area (TPSA) is 200 Å². The predicted molar refractivity (Wildman–Crippen MR) is 109 cm³/mol. The van der Waals surface area contributed by atoms with Gasteiger partial charge in [0.15, 0.2) is 0 Å². The number of thiol groups is 1. The fourth-order valence-corrected chi connectivity index (χ4v) is 2.67. The van der Waals surface area contributed by atoms with Crippen LogP contribution in [0.5, 0.6) is 0 Å². The highest BCUT2D eigenvalue weighted by atomic mass is 32.1. The number of aromatic nitrogens is 2. The smallest absolute Gasteiger partial charge is 0.327 e. The summed E-state index contributed by atoms with van der Waals surface area (Å²) in [4.78, 5) is 55.3. The molecule has 0 aliphatic heterocycles. The Kier molecular flexibility index (Phi) is 10.3. The molecule has 0 saturated heterocycles. The van der Waals surface area contributed by atoms with Crippen molar-refractivity contribution in [3.8, 4) is 0 Å². The van der Waals surface area contributed by atoms with E-state index in [2.05, 4.69) is 38.5 Å². The highest BCUT2D eigenvalue weighted by molar-refractivity contribution is 7.80. The Balaban J connectivity index is 2.99. The number of nitrogens with one attached hydrogen (secondary N) is 4. The Hall–Kier alpha value is -2.64. The third-order valence-electron chi connectivity index (χ3n) is 4.19. The summed E-state index contributed by atoms with van der Waals surface area (Å²) in [5, 5.41) is 25.4. The van der Waals surface area contributed by atoms with Gasteiger partial charge in [-0.15, -0.1) is 0 Å². The number of aliphatic hydroxyl groups is 1. The number of hydrogen-bond donors (Lipinski definition) is 8. The third kappa shape index (κ3) is 7.65. The summed E-state index contributed by atoms with van der Waals surface area (Å²) < 4.78 is 0. The van der Waals surface area contributed by atoms with Crippen LogP contribution in [0.1, 0.15) is 19.5 Å². The standard InChI is InChI=1S/C17H28N6O6S/c1-8(2)13(23-14(25)10(18)5-24)16(27)21-11(3-9-4-19-7-20-9)15(26)22-12(6-30)17(28)29/h4,7-8,10-13,24,30H,3,5-6,18H2,1-2H3,(H,19,20)(H,21,27)(H,22,26)(H,23,25)(H,28,29). The summed E-state index contributed by atoms with van der Waals surface area (Å²) in [6.45, 7) is 2.77. The molecule has 1 rings (SSSR count). The van der Waals surface area contributed by atoms with Gasteiger partial charge in [0.05, 0.1) is 12.9 Å². The molecule has 0 spiro atoms. The molecule has 30 heavy (non-hydrogen) atoms. The average Bonchev–Trinajstić information content (AvgIpc) is 3.20. The second-order valence-electron chi connectivity index (χ2n) is 6.94. The number of aromatic amines is 1. The molecule has 0 saturated carbocycles. The molecule has 168 valence electrons. The van der Waals surface area contributed by atoms with E-state index in [9.17, 15) is 19.2 Å². The lowest BCUT2D eigenvalue weighted by atomic mass is 10.0. The fourth-order valence-electron chi connectivity index (χ4n) is 2.42. The number of nitrogens with two attached hydrogens (primary N) is 1. The number of carbonyl (C=O) groups is 4. The van der Waals surface area contributed by atoms with E-state index in [0.717, 1.165) is 0 Å². The van der Waals surface area contributed by atoms with Gasteiger partial charge in [0, 0.05) is 24.1 Å². The van der Waals surface area contributed by atoms with Crippen molar-refractivity contribution < 1.29 is 29.4 Å². The maximum Gasteiger partial charge on any atom is 0.327 e. The number of amides is 3. The van der Waals surface area contributed by atoms with Crippen molar-refractivity contribution in [1.29, 1.82) is 0 Å². The van der Waals surface area contributed by atoms with Crippen LogP contribution in [0, 0.1) is 5.92 Å². The minimum Gasteiger partial charge on any atom is -0.480 e. The van der Waals surface area contributed by atoms with Crippen LogP contribution in [-0.2, 0) is 25.6 Å². The Morgan fingerprint density at radius 3 is 2.23 bits per heavy atom. The van der Waals surface area contributed by atoms with Crippen LogP contribution < -0.4 is 21.7 Å². The Morgan fingerprint density at radius 2 is 1.77 bits per heavy atom. The molecule has 13 heteroatoms. The van der Waals surface area contributed by atoms with Gasteiger partial charge in [-0.05, 0) is 5.92 Å². The van der Waals surface area contributed by atoms with Crippen LogP contribution in [0.3, 0.4) is 0 Å². The zero-order chi connectivity index (χ0) is 22.8. The van der Waals surface area contributed by atoms with E-state index in [-0.39, 0.29) is 18.1 Å². The first-order chi connectivity index (χ1) is 14.1. The van der Waals surface area contributed by atoms with Gasteiger partial charge < -0.3 is 36.9 Å². The van der Waals surface area contributed by atoms with E-state index in [4.69, 9.17) is 15.9 Å². The number of H-pyrrole nitrogens is 1. The molecule has 1 aromatic heterocycles. The van der Waals surface area contributed by atoms with E-state index < -0.39 is 54.5 Å². The van der Waals surface area contributed by atoms with Gasteiger partial charge in [0.2, 0.25) is 17.7 Å². The van der Waals surface area contributed by atoms with Crippen LogP contribution in [-0.4, -0.2) is 80.4 Å². The maximum absolute atomic E-state index is 12.8. The van der Waals surface area contributed by atoms with Crippen molar-refractivity contribution in [2.75, 3.05) is 12.4 Å². The van der Waals surface area contributed by atoms with Crippen LogP contribution in [0.25, 0.3) is 0 Å². The van der Waals surface area contributed by atoms with Crippen molar-refractivity contribution in [3.05, 3.63) is 18.2 Å². The van der Waals surface area contributed by atoms with Crippen molar-refractivity contribution in [1.82, 2.24) is 25.9 Å². The van der Waals surface area contributed by atoms with E-state index in [1.807, 2.05) is 0 Å². The van der Waals surface area contributed by atoms with Gasteiger partial charge in [-0.3, -0.25) is 14.4 Å². The van der Waals surface area contributed by atoms with E-state index in [1.165, 1.54) is 12.5 Å². The van der Waals surface area contributed by atoms with Crippen molar-refractivity contribution in [3.63, 3.8) is 0 Å². The molecule has 0 aromatic carbocycles. The Bertz CT molecular complexity index is 728. The molecule has 4 atom stereocenters. The zero-order valence-electron chi connectivity index (χ0n) is 16.7. The van der Waals surface area contributed by atoms with E-state index in [0.29, 0.717) is 5.69 Å². The number of carboxylic acids is 1. The number of aliphatic hydroxyl groups excluding tert-OH is 1. The SMILES string of the molecule is CC(C)C(NC(=O)C(N)CO)C(=O)NC(Cc1cnc[nH]1)C(=O)NC(CS)C(=O)O. The van der Waals surface area contributed by atoms with Gasteiger partial charge in [-0.25, -0.2) is 9.78 Å². The minimum absolute atomic E-state index is 0.00536. The second kappa shape index (κ2) is 12.1. The summed E-state index contributed by atoms with van der Waals surface area (Å²) in [6.07, 6.45) is 2.86. The number of carboxylic acid groups (broad SMARTS) is 1. The predicted octanol–water partition coefficient (Wildman–Crippen LogP) is -2.60. The lowest BCUT2D eigenvalue weighted by molar-refractivity contribution is -0.141. The molecule has 3 amide bonds. The molecule has 0 aliphatic rings. The lowest BCUT2D eigenvalue weighted by Gasteiger charge is -2.26. The van der Waals surface area contributed by atoms with Crippen molar-refractivity contribution in [2.45, 2.75) is 44.4 Å². The first kappa shape index (κ1) is 25.4. The van der Waals surface area contributed by atoms with Gasteiger partial charge >= 0.3 is 5.97 Å². The maximum atomic E-state index is 12.8. The minimum atomic E-state index is -1.27. The first-order valence-corrected chi connectivity index (χ1v) is 9.82. The van der Waals surface area contributed by atoms with Crippen molar-refractivity contribution >= 4 is 36.3 Å². The highest BCUT2D eigenvalue weighted by Crippen LogP contribution is 2.06. The monoisotopic (exact) mass is 444 g/mol. The van der Waals surface area contributed by atoms with Crippen LogP contribution in [0.4, 0.5) is 0 Å². The Morgan fingerprint density at radius 1 is 1.13 bits per heavy atom. The largest absolute Gasteiger partial charge is 0.480 e. The van der Waals surface area contributed by atoms with Crippen molar-refractivity contribution in [2.24, 2.45) is 11.7 Å². The first-order valence-electron chi connectivity index (χ1n) is 9.19. The molecule has 4 unspecified atom stereocenters. The molecule has 1 heterocycles. The number of aliphatic carboxylic acids is 1. The molecule has 0 fully saturated rings. The summed E-state index contributed by atoms with van der Waals surface area (Å²) in [6, 6.07) is -4.63. The number of hydrogen-bond acceptors (Lipinski definition) is 8. The van der Waals surface area contributed by atoms with E-state index in [1.54, 1.807) is 13.8 Å². The molecule has 8 N–H and O–H groups in total. The highest BCUT2D eigenvalue weighted by Gasteiger charge is 2.31. The zero-order valence-corrected chi connectivity index (χ0v) is 17.6. The number of carbonyl (C=O) groups excluding carboxylic acids is 3. The number of imidazole rings is 1. The van der Waals surface area contributed by atoms with E-state index >= 15 is 0 Å². The molecule has 0 bridgehead atoms. The molecule has 0 aliphatic carbocycles. The van der Waals surface area contributed by atoms with Crippen LogP contribution in [0.2, 0.25) is 0 Å². The van der Waals surface area contributed by atoms with Gasteiger partial charge in [0.25, 0.3) is 0 Å². The third-order valence-corrected chi connectivity index (χ3v) is 4.55. The molecular weight excluding hydrogens is 416 g/mol. The summed E-state index contributed by atoms with van der Waals surface area (Å²) in [5.41, 5.74) is 6.00. The summed E-state index contributed by atoms with van der Waals surface area (Å²) >= 11 is 3.90. The summed E-state index contributed by atoms with van der Waals surface area (Å²) in [7, 11) is 0. The average molecular weight is 445 g/mol. The molecular formula is C17H28N6O6S. The molecule has 12 nitrogen and oxygen atoms in total. The summed E-state index contributed by atoms with van der Waals surface area (Å²) in [5.74, 6) is -3.89. The number of rotatable bonds is 12. The second-order valence-corrected chi connectivity index (χ2v) is 7.31. The molecule has 0 radical (unpaired) electrons. The van der Waals surface area contributed by atoms with Gasteiger partial charge in [-0.1, -0.05) is 13.8 Å². The van der Waals surface area contributed by atoms with Crippen LogP contribution in [0.15, 0.2) is 12.5 Å². The quantitative estimate of drug-likeness (QED) is 0.160. The van der Waals surface area contributed by atoms with Gasteiger partial charge in [0.1, 0.15) is 24.2 Å². The Labute approximate surface area is 178 Å².